The first-order valence-electron chi connectivity index (χ1n) is 7.94. The molecule has 1 aromatic carbocycles. The van der Waals surface area contributed by atoms with Gasteiger partial charge in [0.25, 0.3) is 6.43 Å². The number of aromatic nitrogens is 1. The van der Waals surface area contributed by atoms with Crippen molar-refractivity contribution in [2.75, 3.05) is 0 Å². The van der Waals surface area contributed by atoms with E-state index in [4.69, 9.17) is 4.74 Å². The molecule has 7 heteroatoms. The van der Waals surface area contributed by atoms with Crippen molar-refractivity contribution in [2.24, 2.45) is 0 Å². The van der Waals surface area contributed by atoms with E-state index < -0.39 is 17.8 Å². The van der Waals surface area contributed by atoms with Crippen LogP contribution in [0, 0.1) is 5.82 Å². The standard InChI is InChI=1S/C18H17F3N2O2/c1-11-2-7-17(24)23(11)10-12-3-6-16(22-9-12)25-15-5-4-13(18(20)21)8-14(15)19/h3-6,8-9,11,18H,2,7,10H2,1H3/t11-/m0/s1. The van der Waals surface area contributed by atoms with Crippen LogP contribution in [0.1, 0.15) is 37.3 Å². The third-order valence-corrected chi connectivity index (χ3v) is 4.20. The van der Waals surface area contributed by atoms with Gasteiger partial charge in [0.1, 0.15) is 0 Å². The predicted molar refractivity (Wildman–Crippen MR) is 84.9 cm³/mol. The third-order valence-electron chi connectivity index (χ3n) is 4.20. The molecular weight excluding hydrogens is 333 g/mol. The Hall–Kier alpha value is -2.57. The molecule has 1 amide bonds. The Morgan fingerprint density at radius 2 is 2.12 bits per heavy atom. The number of alkyl halides is 2. The zero-order chi connectivity index (χ0) is 18.0. The molecular formula is C18H17F3N2O2. The maximum Gasteiger partial charge on any atom is 0.263 e. The van der Waals surface area contributed by atoms with Crippen molar-refractivity contribution in [2.45, 2.75) is 38.8 Å². The zero-order valence-electron chi connectivity index (χ0n) is 13.6. The van der Waals surface area contributed by atoms with Gasteiger partial charge in [-0.05, 0) is 37.1 Å². The van der Waals surface area contributed by atoms with Gasteiger partial charge >= 0.3 is 0 Å². The number of likely N-dealkylation sites (tertiary alicyclic amines) is 1. The molecule has 3 rings (SSSR count). The van der Waals surface area contributed by atoms with Crippen LogP contribution in [0.2, 0.25) is 0 Å². The van der Waals surface area contributed by atoms with Gasteiger partial charge in [-0.1, -0.05) is 6.07 Å². The molecule has 2 heterocycles. The van der Waals surface area contributed by atoms with Gasteiger partial charge < -0.3 is 9.64 Å². The van der Waals surface area contributed by atoms with E-state index in [1.165, 1.54) is 0 Å². The van der Waals surface area contributed by atoms with Crippen molar-refractivity contribution in [3.63, 3.8) is 0 Å². The molecule has 2 aromatic rings. The summed E-state index contributed by atoms with van der Waals surface area (Å²) in [5.74, 6) is -0.782. The first kappa shape index (κ1) is 17.3. The lowest BCUT2D eigenvalue weighted by Crippen LogP contribution is -2.30. The third kappa shape index (κ3) is 3.92. The minimum Gasteiger partial charge on any atom is -0.436 e. The summed E-state index contributed by atoms with van der Waals surface area (Å²) < 4.78 is 44.2. The first-order valence-corrected chi connectivity index (χ1v) is 7.94. The highest BCUT2D eigenvalue weighted by Crippen LogP contribution is 2.28. The van der Waals surface area contributed by atoms with Crippen LogP contribution in [-0.2, 0) is 11.3 Å². The van der Waals surface area contributed by atoms with E-state index in [1.807, 2.05) is 6.92 Å². The van der Waals surface area contributed by atoms with E-state index >= 15 is 0 Å². The van der Waals surface area contributed by atoms with Gasteiger partial charge in [-0.25, -0.2) is 18.2 Å². The average Bonchev–Trinajstić information content (AvgIpc) is 2.90. The quantitative estimate of drug-likeness (QED) is 0.799. The summed E-state index contributed by atoms with van der Waals surface area (Å²) in [5, 5.41) is 0. The van der Waals surface area contributed by atoms with Crippen LogP contribution in [0.3, 0.4) is 0 Å². The number of nitrogens with zero attached hydrogens (tertiary/aromatic N) is 2. The fraction of sp³-hybridized carbons (Fsp3) is 0.333. The van der Waals surface area contributed by atoms with Gasteiger partial charge in [-0.3, -0.25) is 4.79 Å². The number of pyridine rings is 1. The molecule has 132 valence electrons. The Balaban J connectivity index is 1.68. The molecule has 1 atom stereocenters. The number of amides is 1. The molecule has 0 spiro atoms. The van der Waals surface area contributed by atoms with E-state index in [9.17, 15) is 18.0 Å². The highest BCUT2D eigenvalue weighted by atomic mass is 19.3. The van der Waals surface area contributed by atoms with Crippen LogP contribution in [0.15, 0.2) is 36.5 Å². The van der Waals surface area contributed by atoms with E-state index in [0.717, 1.165) is 30.2 Å². The van der Waals surface area contributed by atoms with Crippen molar-refractivity contribution in [3.8, 4) is 11.6 Å². The number of hydrogen-bond acceptors (Lipinski definition) is 3. The van der Waals surface area contributed by atoms with Crippen LogP contribution in [-0.4, -0.2) is 21.8 Å². The highest BCUT2D eigenvalue weighted by Gasteiger charge is 2.27. The van der Waals surface area contributed by atoms with Gasteiger partial charge in [0.05, 0.1) is 0 Å². The molecule has 1 aromatic heterocycles. The zero-order valence-corrected chi connectivity index (χ0v) is 13.6. The predicted octanol–water partition coefficient (Wildman–Crippen LogP) is 4.46. The molecule has 0 saturated carbocycles. The molecule has 4 nitrogen and oxygen atoms in total. The topological polar surface area (TPSA) is 42.4 Å². The lowest BCUT2D eigenvalue weighted by Gasteiger charge is -2.21. The Bertz CT molecular complexity index is 765. The summed E-state index contributed by atoms with van der Waals surface area (Å²) >= 11 is 0. The van der Waals surface area contributed by atoms with E-state index in [-0.39, 0.29) is 23.6 Å². The van der Waals surface area contributed by atoms with Gasteiger partial charge in [0.15, 0.2) is 11.6 Å². The van der Waals surface area contributed by atoms with Crippen molar-refractivity contribution in [1.82, 2.24) is 9.88 Å². The molecule has 0 N–H and O–H groups in total. The largest absolute Gasteiger partial charge is 0.436 e. The summed E-state index contributed by atoms with van der Waals surface area (Å²) in [4.78, 5) is 17.7. The van der Waals surface area contributed by atoms with Crippen molar-refractivity contribution in [1.29, 1.82) is 0 Å². The Kier molecular flexibility index (Phi) is 4.92. The summed E-state index contributed by atoms with van der Waals surface area (Å²) in [6, 6.07) is 6.50. The Morgan fingerprint density at radius 3 is 2.68 bits per heavy atom. The van der Waals surface area contributed by atoms with E-state index in [0.29, 0.717) is 13.0 Å². The van der Waals surface area contributed by atoms with Gasteiger partial charge in [0, 0.05) is 36.8 Å². The second-order valence-corrected chi connectivity index (χ2v) is 6.01. The summed E-state index contributed by atoms with van der Waals surface area (Å²) in [6.07, 6.45) is 0.223. The van der Waals surface area contributed by atoms with Crippen molar-refractivity contribution < 1.29 is 22.7 Å². The normalized spacial score (nSPS) is 17.4. The minimum atomic E-state index is -2.74. The van der Waals surface area contributed by atoms with Crippen molar-refractivity contribution >= 4 is 5.91 Å². The van der Waals surface area contributed by atoms with Crippen LogP contribution in [0.5, 0.6) is 11.6 Å². The smallest absolute Gasteiger partial charge is 0.263 e. The number of rotatable bonds is 5. The van der Waals surface area contributed by atoms with Crippen molar-refractivity contribution in [3.05, 3.63) is 53.5 Å². The average molecular weight is 350 g/mol. The minimum absolute atomic E-state index is 0.119. The van der Waals surface area contributed by atoms with Crippen LogP contribution in [0.25, 0.3) is 0 Å². The highest BCUT2D eigenvalue weighted by molar-refractivity contribution is 5.78. The molecule has 1 saturated heterocycles. The monoisotopic (exact) mass is 350 g/mol. The number of carbonyl (C=O) groups excluding carboxylic acids is 1. The summed E-state index contributed by atoms with van der Waals surface area (Å²) in [7, 11) is 0. The maximum atomic E-state index is 13.8. The second kappa shape index (κ2) is 7.13. The number of halogens is 3. The Morgan fingerprint density at radius 1 is 1.32 bits per heavy atom. The molecule has 0 unspecified atom stereocenters. The molecule has 1 aliphatic heterocycles. The lowest BCUT2D eigenvalue weighted by molar-refractivity contribution is -0.129. The van der Waals surface area contributed by atoms with Gasteiger partial charge in [-0.15, -0.1) is 0 Å². The fourth-order valence-electron chi connectivity index (χ4n) is 2.73. The van der Waals surface area contributed by atoms with Gasteiger partial charge in [-0.2, -0.15) is 0 Å². The van der Waals surface area contributed by atoms with E-state index in [1.54, 1.807) is 23.2 Å². The molecule has 0 radical (unpaired) electrons. The second-order valence-electron chi connectivity index (χ2n) is 6.01. The van der Waals surface area contributed by atoms with Crippen LogP contribution >= 0.6 is 0 Å². The first-order chi connectivity index (χ1) is 11.9. The summed E-state index contributed by atoms with van der Waals surface area (Å²) in [6.45, 7) is 2.46. The molecule has 0 aliphatic carbocycles. The summed E-state index contributed by atoms with van der Waals surface area (Å²) in [5.41, 5.74) is 0.431. The Labute approximate surface area is 143 Å². The number of hydrogen-bond donors (Lipinski definition) is 0. The number of ether oxygens (including phenoxy) is 1. The van der Waals surface area contributed by atoms with Crippen LogP contribution in [0.4, 0.5) is 13.2 Å². The number of benzene rings is 1. The molecule has 0 bridgehead atoms. The SMILES string of the molecule is C[C@H]1CCC(=O)N1Cc1ccc(Oc2ccc(C(F)F)cc2F)nc1. The molecule has 1 aliphatic rings. The maximum absolute atomic E-state index is 13.8. The fourth-order valence-corrected chi connectivity index (χ4v) is 2.73. The van der Waals surface area contributed by atoms with E-state index in [2.05, 4.69) is 4.98 Å². The van der Waals surface area contributed by atoms with Gasteiger partial charge in [0.2, 0.25) is 11.8 Å². The molecule has 25 heavy (non-hydrogen) atoms. The lowest BCUT2D eigenvalue weighted by atomic mass is 10.2. The molecule has 1 fully saturated rings. The number of carbonyl (C=O) groups is 1. The van der Waals surface area contributed by atoms with Crippen LogP contribution < -0.4 is 4.74 Å².